The lowest BCUT2D eigenvalue weighted by atomic mass is 10.2. The van der Waals surface area contributed by atoms with Crippen molar-refractivity contribution in [1.82, 2.24) is 15.5 Å². The summed E-state index contributed by atoms with van der Waals surface area (Å²) in [6.07, 6.45) is -0.349. The van der Waals surface area contributed by atoms with Gasteiger partial charge in [0.1, 0.15) is 6.61 Å². The maximum Gasteiger partial charge on any atom is 0.271 e. The number of benzene rings is 1. The van der Waals surface area contributed by atoms with Gasteiger partial charge in [-0.25, -0.2) is 0 Å². The van der Waals surface area contributed by atoms with E-state index in [0.29, 0.717) is 30.6 Å². The monoisotopic (exact) mass is 261 g/mol. The topological polar surface area (TPSA) is 69.4 Å². The first kappa shape index (κ1) is 12.0. The normalized spacial score (nSPS) is 17.4. The van der Waals surface area contributed by atoms with Crippen LogP contribution in [-0.2, 0) is 6.54 Å². The molecule has 0 radical (unpaired) electrons. The molecule has 0 fully saturated rings. The molecular formula is C13H15N3O3. The third-order valence-electron chi connectivity index (χ3n) is 2.80. The molecule has 3 rings (SSSR count). The van der Waals surface area contributed by atoms with E-state index in [1.54, 1.807) is 0 Å². The van der Waals surface area contributed by atoms with Gasteiger partial charge in [0, 0.05) is 0 Å². The van der Waals surface area contributed by atoms with Crippen LogP contribution in [0.4, 0.5) is 0 Å². The highest BCUT2D eigenvalue weighted by Gasteiger charge is 2.27. The van der Waals surface area contributed by atoms with E-state index in [0.717, 1.165) is 12.3 Å². The zero-order valence-electron chi connectivity index (χ0n) is 10.6. The van der Waals surface area contributed by atoms with E-state index in [9.17, 15) is 0 Å². The van der Waals surface area contributed by atoms with Crippen molar-refractivity contribution in [2.24, 2.45) is 0 Å². The molecule has 0 spiro atoms. The molecule has 1 aliphatic rings. The van der Waals surface area contributed by atoms with Gasteiger partial charge in [0.25, 0.3) is 5.89 Å². The highest BCUT2D eigenvalue weighted by atomic mass is 16.6. The van der Waals surface area contributed by atoms with Crippen LogP contribution in [0.2, 0.25) is 0 Å². The third-order valence-corrected chi connectivity index (χ3v) is 2.80. The van der Waals surface area contributed by atoms with Crippen molar-refractivity contribution < 1.29 is 14.0 Å². The summed E-state index contributed by atoms with van der Waals surface area (Å²) in [5.41, 5.74) is 0. The van der Waals surface area contributed by atoms with Gasteiger partial charge < -0.3 is 19.3 Å². The number of fused-ring (bicyclic) bond motifs is 1. The Balaban J connectivity index is 1.72. The van der Waals surface area contributed by atoms with Crippen LogP contribution in [0.5, 0.6) is 11.5 Å². The largest absolute Gasteiger partial charge is 0.485 e. The fourth-order valence-electron chi connectivity index (χ4n) is 1.85. The first-order valence-corrected chi connectivity index (χ1v) is 6.28. The molecule has 6 nitrogen and oxygen atoms in total. The zero-order valence-corrected chi connectivity index (χ0v) is 10.6. The Labute approximate surface area is 110 Å². The van der Waals surface area contributed by atoms with Crippen LogP contribution in [0.15, 0.2) is 28.8 Å². The Morgan fingerprint density at radius 2 is 2.16 bits per heavy atom. The summed E-state index contributed by atoms with van der Waals surface area (Å²) in [4.78, 5) is 4.30. The Morgan fingerprint density at radius 3 is 3.00 bits per heavy atom. The van der Waals surface area contributed by atoms with E-state index in [1.165, 1.54) is 0 Å². The van der Waals surface area contributed by atoms with Crippen LogP contribution in [0.1, 0.15) is 24.7 Å². The summed E-state index contributed by atoms with van der Waals surface area (Å²) in [7, 11) is 0. The minimum absolute atomic E-state index is 0.349. The molecule has 1 unspecified atom stereocenters. The van der Waals surface area contributed by atoms with Crippen molar-refractivity contribution in [3.05, 3.63) is 36.0 Å². The van der Waals surface area contributed by atoms with Crippen molar-refractivity contribution in [2.45, 2.75) is 19.6 Å². The highest BCUT2D eigenvalue weighted by molar-refractivity contribution is 5.40. The second-order valence-electron chi connectivity index (χ2n) is 4.19. The fraction of sp³-hybridized carbons (Fsp3) is 0.385. The number of hydrogen-bond acceptors (Lipinski definition) is 6. The van der Waals surface area contributed by atoms with Crippen molar-refractivity contribution in [3.63, 3.8) is 0 Å². The first-order valence-electron chi connectivity index (χ1n) is 6.28. The number of nitrogens with one attached hydrogen (secondary N) is 1. The van der Waals surface area contributed by atoms with E-state index >= 15 is 0 Å². The predicted molar refractivity (Wildman–Crippen MR) is 67.0 cm³/mol. The number of aromatic nitrogens is 2. The second-order valence-corrected chi connectivity index (χ2v) is 4.19. The number of hydrogen-bond donors (Lipinski definition) is 1. The quantitative estimate of drug-likeness (QED) is 0.903. The minimum Gasteiger partial charge on any atom is -0.485 e. The van der Waals surface area contributed by atoms with Crippen molar-refractivity contribution >= 4 is 0 Å². The molecular weight excluding hydrogens is 246 g/mol. The van der Waals surface area contributed by atoms with Crippen LogP contribution in [0.3, 0.4) is 0 Å². The summed E-state index contributed by atoms with van der Waals surface area (Å²) >= 11 is 0. The SMILES string of the molecule is CCNCc1noc(C2COc3ccccc3O2)n1. The molecule has 1 atom stereocenters. The van der Waals surface area contributed by atoms with Gasteiger partial charge in [-0.05, 0) is 18.7 Å². The fourth-order valence-corrected chi connectivity index (χ4v) is 1.85. The van der Waals surface area contributed by atoms with Gasteiger partial charge in [-0.1, -0.05) is 24.2 Å². The maximum atomic E-state index is 5.79. The summed E-state index contributed by atoms with van der Waals surface area (Å²) in [6.45, 7) is 3.85. The molecule has 0 amide bonds. The van der Waals surface area contributed by atoms with Crippen LogP contribution in [0.25, 0.3) is 0 Å². The molecule has 1 aliphatic heterocycles. The smallest absolute Gasteiger partial charge is 0.271 e. The van der Waals surface area contributed by atoms with E-state index < -0.39 is 0 Å². The Kier molecular flexibility index (Phi) is 3.33. The molecule has 1 aromatic heterocycles. The molecule has 2 aromatic rings. The second kappa shape index (κ2) is 5.27. The van der Waals surface area contributed by atoms with E-state index in [4.69, 9.17) is 14.0 Å². The van der Waals surface area contributed by atoms with E-state index in [-0.39, 0.29) is 6.10 Å². The summed E-state index contributed by atoms with van der Waals surface area (Å²) in [5, 5.41) is 7.04. The van der Waals surface area contributed by atoms with Crippen molar-refractivity contribution in [2.75, 3.05) is 13.2 Å². The lowest BCUT2D eigenvalue weighted by molar-refractivity contribution is 0.0665. The summed E-state index contributed by atoms with van der Waals surface area (Å²) in [6, 6.07) is 7.53. The Morgan fingerprint density at radius 1 is 1.32 bits per heavy atom. The number of para-hydroxylation sites is 2. The van der Waals surface area contributed by atoms with Crippen LogP contribution >= 0.6 is 0 Å². The molecule has 19 heavy (non-hydrogen) atoms. The van der Waals surface area contributed by atoms with Gasteiger partial charge in [-0.3, -0.25) is 0 Å². The van der Waals surface area contributed by atoms with Gasteiger partial charge in [-0.15, -0.1) is 0 Å². The van der Waals surface area contributed by atoms with Crippen LogP contribution < -0.4 is 14.8 Å². The zero-order chi connectivity index (χ0) is 13.1. The van der Waals surface area contributed by atoms with Gasteiger partial charge in [0.2, 0.25) is 6.10 Å². The Bertz CT molecular complexity index is 556. The maximum absolute atomic E-state index is 5.79. The van der Waals surface area contributed by atoms with Crippen LogP contribution in [0, 0.1) is 0 Å². The Hall–Kier alpha value is -2.08. The molecule has 0 saturated carbocycles. The van der Waals surface area contributed by atoms with E-state index in [2.05, 4.69) is 15.5 Å². The van der Waals surface area contributed by atoms with Crippen molar-refractivity contribution in [3.8, 4) is 11.5 Å². The first-order chi connectivity index (χ1) is 9.36. The van der Waals surface area contributed by atoms with Crippen LogP contribution in [-0.4, -0.2) is 23.3 Å². The number of ether oxygens (including phenoxy) is 2. The van der Waals surface area contributed by atoms with Gasteiger partial charge >= 0.3 is 0 Å². The molecule has 0 aliphatic carbocycles. The van der Waals surface area contributed by atoms with Gasteiger partial charge in [-0.2, -0.15) is 4.98 Å². The van der Waals surface area contributed by atoms with Crippen molar-refractivity contribution in [1.29, 1.82) is 0 Å². The molecule has 100 valence electrons. The number of rotatable bonds is 4. The van der Waals surface area contributed by atoms with E-state index in [1.807, 2.05) is 31.2 Å². The molecule has 2 heterocycles. The molecule has 6 heteroatoms. The minimum atomic E-state index is -0.349. The molecule has 1 N–H and O–H groups in total. The average Bonchev–Trinajstić information content (AvgIpc) is 2.93. The predicted octanol–water partition coefficient (Wildman–Crippen LogP) is 1.69. The van der Waals surface area contributed by atoms with Gasteiger partial charge in [0.15, 0.2) is 17.3 Å². The molecule has 1 aromatic carbocycles. The summed E-state index contributed by atoms with van der Waals surface area (Å²) in [5.74, 6) is 2.51. The lowest BCUT2D eigenvalue weighted by Crippen LogP contribution is -2.22. The number of nitrogens with zero attached hydrogens (tertiary/aromatic N) is 2. The highest BCUT2D eigenvalue weighted by Crippen LogP contribution is 2.35. The average molecular weight is 261 g/mol. The van der Waals surface area contributed by atoms with Gasteiger partial charge in [0.05, 0.1) is 6.54 Å². The molecule has 0 bridgehead atoms. The standard InChI is InChI=1S/C13H15N3O3/c1-2-14-7-12-15-13(19-16-12)11-8-17-9-5-3-4-6-10(9)18-11/h3-6,11,14H,2,7-8H2,1H3. The summed E-state index contributed by atoms with van der Waals surface area (Å²) < 4.78 is 16.6. The molecule has 0 saturated heterocycles. The third kappa shape index (κ3) is 2.53. The lowest BCUT2D eigenvalue weighted by Gasteiger charge is -2.23.